The van der Waals surface area contributed by atoms with Gasteiger partial charge in [0.05, 0.1) is 12.1 Å². The Labute approximate surface area is 105 Å². The standard InChI is InChI=1S/C13H13ClN2O/c1-8-5-10(7-16-13(8)15)9-3-4-12(17-2)11(14)6-9/h3-7H,1-2H3,(H2,15,16). The summed E-state index contributed by atoms with van der Waals surface area (Å²) in [6, 6.07) is 7.62. The van der Waals surface area contributed by atoms with Crippen LogP contribution in [-0.2, 0) is 0 Å². The van der Waals surface area contributed by atoms with Gasteiger partial charge >= 0.3 is 0 Å². The maximum Gasteiger partial charge on any atom is 0.137 e. The minimum Gasteiger partial charge on any atom is -0.495 e. The average Bonchev–Trinajstić information content (AvgIpc) is 2.32. The fraction of sp³-hybridized carbons (Fsp3) is 0.154. The zero-order valence-electron chi connectivity index (χ0n) is 9.70. The molecule has 88 valence electrons. The molecule has 3 nitrogen and oxygen atoms in total. The predicted octanol–water partition coefficient (Wildman–Crippen LogP) is 3.30. The summed E-state index contributed by atoms with van der Waals surface area (Å²) in [5.41, 5.74) is 8.62. The molecule has 0 saturated heterocycles. The Morgan fingerprint density at radius 1 is 1.24 bits per heavy atom. The van der Waals surface area contributed by atoms with Gasteiger partial charge in [-0.1, -0.05) is 17.7 Å². The van der Waals surface area contributed by atoms with Crippen molar-refractivity contribution in [3.63, 3.8) is 0 Å². The molecular formula is C13H13ClN2O. The molecule has 2 aromatic rings. The van der Waals surface area contributed by atoms with E-state index in [-0.39, 0.29) is 0 Å². The van der Waals surface area contributed by atoms with Gasteiger partial charge in [-0.25, -0.2) is 4.98 Å². The molecule has 0 spiro atoms. The first-order valence-corrected chi connectivity index (χ1v) is 5.55. The van der Waals surface area contributed by atoms with Crippen molar-refractivity contribution in [2.24, 2.45) is 0 Å². The van der Waals surface area contributed by atoms with Crippen LogP contribution in [0.2, 0.25) is 5.02 Å². The fourth-order valence-electron chi connectivity index (χ4n) is 1.59. The lowest BCUT2D eigenvalue weighted by atomic mass is 10.1. The zero-order chi connectivity index (χ0) is 12.4. The highest BCUT2D eigenvalue weighted by molar-refractivity contribution is 6.32. The van der Waals surface area contributed by atoms with E-state index in [9.17, 15) is 0 Å². The Morgan fingerprint density at radius 3 is 2.59 bits per heavy atom. The van der Waals surface area contributed by atoms with Crippen molar-refractivity contribution in [3.05, 3.63) is 41.0 Å². The number of benzene rings is 1. The van der Waals surface area contributed by atoms with Gasteiger partial charge in [-0.15, -0.1) is 0 Å². The molecule has 1 heterocycles. The first-order chi connectivity index (χ1) is 8.11. The van der Waals surface area contributed by atoms with Crippen LogP contribution in [0.4, 0.5) is 5.82 Å². The number of ether oxygens (including phenoxy) is 1. The van der Waals surface area contributed by atoms with Crippen LogP contribution < -0.4 is 10.5 Å². The molecular weight excluding hydrogens is 236 g/mol. The summed E-state index contributed by atoms with van der Waals surface area (Å²) in [4.78, 5) is 4.13. The third-order valence-corrected chi connectivity index (χ3v) is 2.90. The van der Waals surface area contributed by atoms with Gasteiger partial charge in [0, 0.05) is 11.8 Å². The first-order valence-electron chi connectivity index (χ1n) is 5.18. The molecule has 0 aliphatic heterocycles. The van der Waals surface area contributed by atoms with E-state index in [0.717, 1.165) is 16.7 Å². The van der Waals surface area contributed by atoms with Crippen molar-refractivity contribution in [1.82, 2.24) is 4.98 Å². The van der Waals surface area contributed by atoms with Gasteiger partial charge in [0.1, 0.15) is 11.6 Å². The Hall–Kier alpha value is -1.74. The number of hydrogen-bond acceptors (Lipinski definition) is 3. The number of pyridine rings is 1. The molecule has 0 unspecified atom stereocenters. The number of nitrogens with zero attached hydrogens (tertiary/aromatic N) is 1. The SMILES string of the molecule is COc1ccc(-c2cnc(N)c(C)c2)cc1Cl. The molecule has 0 fully saturated rings. The number of aromatic nitrogens is 1. The topological polar surface area (TPSA) is 48.1 Å². The first kappa shape index (κ1) is 11.7. The van der Waals surface area contributed by atoms with Crippen LogP contribution in [0.25, 0.3) is 11.1 Å². The van der Waals surface area contributed by atoms with E-state index < -0.39 is 0 Å². The van der Waals surface area contributed by atoms with E-state index >= 15 is 0 Å². The van der Waals surface area contributed by atoms with Crippen molar-refractivity contribution in [2.75, 3.05) is 12.8 Å². The molecule has 0 bridgehead atoms. The summed E-state index contributed by atoms with van der Waals surface area (Å²) in [6.45, 7) is 1.93. The third-order valence-electron chi connectivity index (χ3n) is 2.60. The maximum absolute atomic E-state index is 6.08. The Bertz CT molecular complexity index is 555. The summed E-state index contributed by atoms with van der Waals surface area (Å²) in [6.07, 6.45) is 1.74. The Kier molecular flexibility index (Phi) is 3.20. The largest absolute Gasteiger partial charge is 0.495 e. The Balaban J connectivity index is 2.46. The van der Waals surface area contributed by atoms with Crippen molar-refractivity contribution in [1.29, 1.82) is 0 Å². The number of nitrogens with two attached hydrogens (primary N) is 1. The van der Waals surface area contributed by atoms with Crippen molar-refractivity contribution in [2.45, 2.75) is 6.92 Å². The lowest BCUT2D eigenvalue weighted by molar-refractivity contribution is 0.415. The molecule has 0 amide bonds. The van der Waals surface area contributed by atoms with Gasteiger partial charge in [-0.2, -0.15) is 0 Å². The number of rotatable bonds is 2. The third kappa shape index (κ3) is 2.34. The van der Waals surface area contributed by atoms with Crippen LogP contribution in [0.3, 0.4) is 0 Å². The number of hydrogen-bond donors (Lipinski definition) is 1. The monoisotopic (exact) mass is 248 g/mol. The van der Waals surface area contributed by atoms with Crippen LogP contribution in [0.5, 0.6) is 5.75 Å². The molecule has 2 N–H and O–H groups in total. The van der Waals surface area contributed by atoms with E-state index in [4.69, 9.17) is 22.1 Å². The number of aryl methyl sites for hydroxylation is 1. The Morgan fingerprint density at radius 2 is 2.00 bits per heavy atom. The van der Waals surface area contributed by atoms with Crippen molar-refractivity contribution in [3.8, 4) is 16.9 Å². The molecule has 0 saturated carbocycles. The second-order valence-electron chi connectivity index (χ2n) is 3.78. The highest BCUT2D eigenvalue weighted by atomic mass is 35.5. The second-order valence-corrected chi connectivity index (χ2v) is 4.18. The van der Waals surface area contributed by atoms with Crippen LogP contribution in [0.1, 0.15) is 5.56 Å². The van der Waals surface area contributed by atoms with Gasteiger partial charge < -0.3 is 10.5 Å². The van der Waals surface area contributed by atoms with E-state index in [1.165, 1.54) is 0 Å². The highest BCUT2D eigenvalue weighted by Crippen LogP contribution is 2.30. The van der Waals surface area contributed by atoms with Crippen LogP contribution in [-0.4, -0.2) is 12.1 Å². The van der Waals surface area contributed by atoms with Crippen LogP contribution in [0, 0.1) is 6.92 Å². The normalized spacial score (nSPS) is 10.3. The number of anilines is 1. The smallest absolute Gasteiger partial charge is 0.137 e. The van der Waals surface area contributed by atoms with Crippen molar-refractivity contribution >= 4 is 17.4 Å². The molecule has 1 aromatic heterocycles. The molecule has 0 radical (unpaired) electrons. The summed E-state index contributed by atoms with van der Waals surface area (Å²) in [7, 11) is 1.59. The molecule has 4 heteroatoms. The summed E-state index contributed by atoms with van der Waals surface area (Å²) in [5, 5.41) is 0.583. The van der Waals surface area contributed by atoms with E-state index in [0.29, 0.717) is 16.6 Å². The molecule has 0 atom stereocenters. The van der Waals surface area contributed by atoms with E-state index in [2.05, 4.69) is 4.98 Å². The van der Waals surface area contributed by atoms with E-state index in [1.54, 1.807) is 13.3 Å². The average molecular weight is 249 g/mol. The van der Waals surface area contributed by atoms with E-state index in [1.807, 2.05) is 31.2 Å². The second kappa shape index (κ2) is 4.63. The maximum atomic E-state index is 6.08. The number of halogens is 1. The van der Waals surface area contributed by atoms with Gasteiger partial charge in [0.2, 0.25) is 0 Å². The molecule has 17 heavy (non-hydrogen) atoms. The number of nitrogen functional groups attached to an aromatic ring is 1. The molecule has 2 rings (SSSR count). The predicted molar refractivity (Wildman–Crippen MR) is 70.4 cm³/mol. The fourth-order valence-corrected chi connectivity index (χ4v) is 1.85. The van der Waals surface area contributed by atoms with Crippen LogP contribution >= 0.6 is 11.6 Å². The van der Waals surface area contributed by atoms with Gasteiger partial charge in [0.15, 0.2) is 0 Å². The zero-order valence-corrected chi connectivity index (χ0v) is 10.5. The lowest BCUT2D eigenvalue weighted by Gasteiger charge is -2.07. The molecule has 1 aromatic carbocycles. The summed E-state index contributed by atoms with van der Waals surface area (Å²) >= 11 is 6.08. The van der Waals surface area contributed by atoms with Crippen LogP contribution in [0.15, 0.2) is 30.5 Å². The quantitative estimate of drug-likeness (QED) is 0.887. The molecule has 0 aliphatic rings. The molecule has 0 aliphatic carbocycles. The van der Waals surface area contributed by atoms with Gasteiger partial charge in [0.25, 0.3) is 0 Å². The summed E-state index contributed by atoms with van der Waals surface area (Å²) in [5.74, 6) is 1.21. The van der Waals surface area contributed by atoms with Crippen molar-refractivity contribution < 1.29 is 4.74 Å². The lowest BCUT2D eigenvalue weighted by Crippen LogP contribution is -1.94. The van der Waals surface area contributed by atoms with Gasteiger partial charge in [-0.05, 0) is 36.2 Å². The minimum atomic E-state index is 0.549. The van der Waals surface area contributed by atoms with Gasteiger partial charge in [-0.3, -0.25) is 0 Å². The summed E-state index contributed by atoms with van der Waals surface area (Å²) < 4.78 is 5.11. The number of methoxy groups -OCH3 is 1. The highest BCUT2D eigenvalue weighted by Gasteiger charge is 2.05. The minimum absolute atomic E-state index is 0.549.